The Balaban J connectivity index is 1.46. The molecule has 1 amide bonds. The smallest absolute Gasteiger partial charge is 0.240 e. The first kappa shape index (κ1) is 21.3. The SMILES string of the molecule is CN1CCC(NC(=O)CCc2ccc(S(=O)(=O)NC3CCCCC3)cc2)CC1. The lowest BCUT2D eigenvalue weighted by Gasteiger charge is -2.29. The van der Waals surface area contributed by atoms with Gasteiger partial charge in [-0.2, -0.15) is 0 Å². The van der Waals surface area contributed by atoms with E-state index in [9.17, 15) is 13.2 Å². The second kappa shape index (κ2) is 9.85. The van der Waals surface area contributed by atoms with Crippen molar-refractivity contribution in [2.45, 2.75) is 74.8 Å². The number of piperidine rings is 1. The topological polar surface area (TPSA) is 78.5 Å². The molecule has 156 valence electrons. The quantitative estimate of drug-likeness (QED) is 0.728. The highest BCUT2D eigenvalue weighted by molar-refractivity contribution is 7.89. The van der Waals surface area contributed by atoms with Crippen LogP contribution in [0.25, 0.3) is 0 Å². The first-order valence-corrected chi connectivity index (χ1v) is 12.0. The van der Waals surface area contributed by atoms with Gasteiger partial charge in [0.1, 0.15) is 0 Å². The third kappa shape index (κ3) is 6.29. The van der Waals surface area contributed by atoms with Crippen LogP contribution >= 0.6 is 0 Å². The Labute approximate surface area is 169 Å². The van der Waals surface area contributed by atoms with Crippen molar-refractivity contribution in [1.82, 2.24) is 14.9 Å². The number of sulfonamides is 1. The molecule has 6 nitrogen and oxygen atoms in total. The molecule has 28 heavy (non-hydrogen) atoms. The minimum Gasteiger partial charge on any atom is -0.353 e. The number of likely N-dealkylation sites (tertiary alicyclic amines) is 1. The number of nitrogens with one attached hydrogen (secondary N) is 2. The van der Waals surface area contributed by atoms with Crippen molar-refractivity contribution in [3.05, 3.63) is 29.8 Å². The fourth-order valence-corrected chi connectivity index (χ4v) is 5.36. The molecule has 0 atom stereocenters. The summed E-state index contributed by atoms with van der Waals surface area (Å²) in [5.74, 6) is 0.0743. The molecule has 0 bridgehead atoms. The van der Waals surface area contributed by atoms with Gasteiger partial charge in [0, 0.05) is 18.5 Å². The van der Waals surface area contributed by atoms with Gasteiger partial charge >= 0.3 is 0 Å². The number of rotatable bonds is 7. The largest absolute Gasteiger partial charge is 0.353 e. The third-order valence-corrected chi connectivity index (χ3v) is 7.42. The van der Waals surface area contributed by atoms with Crippen LogP contribution in [0.3, 0.4) is 0 Å². The maximum absolute atomic E-state index is 12.5. The molecule has 2 aliphatic rings. The molecule has 1 saturated carbocycles. The average molecular weight is 408 g/mol. The van der Waals surface area contributed by atoms with E-state index in [1.165, 1.54) is 6.42 Å². The van der Waals surface area contributed by atoms with E-state index in [1.54, 1.807) is 12.1 Å². The van der Waals surface area contributed by atoms with Crippen molar-refractivity contribution >= 4 is 15.9 Å². The predicted octanol–water partition coefficient (Wildman–Crippen LogP) is 2.44. The van der Waals surface area contributed by atoms with Gasteiger partial charge in [-0.05, 0) is 69.9 Å². The molecule has 1 heterocycles. The van der Waals surface area contributed by atoms with Crippen LogP contribution < -0.4 is 10.0 Å². The van der Waals surface area contributed by atoms with Crippen LogP contribution in [-0.2, 0) is 21.2 Å². The maximum atomic E-state index is 12.5. The summed E-state index contributed by atoms with van der Waals surface area (Å²) in [6, 6.07) is 7.27. The standard InChI is InChI=1S/C21H33N3O3S/c1-24-15-13-18(14-16-24)22-21(25)12-9-17-7-10-20(11-8-17)28(26,27)23-19-5-3-2-4-6-19/h7-8,10-11,18-19,23H,2-6,9,12-16H2,1H3,(H,22,25). The number of aryl methyl sites for hydroxylation is 1. The van der Waals surface area contributed by atoms with Gasteiger partial charge in [-0.25, -0.2) is 13.1 Å². The lowest BCUT2D eigenvalue weighted by molar-refractivity contribution is -0.122. The Bertz CT molecular complexity index is 735. The van der Waals surface area contributed by atoms with Crippen LogP contribution in [0.1, 0.15) is 56.9 Å². The minimum atomic E-state index is -3.46. The molecule has 2 fully saturated rings. The second-order valence-electron chi connectivity index (χ2n) is 8.25. The van der Waals surface area contributed by atoms with Crippen LogP contribution in [0, 0.1) is 0 Å². The number of amides is 1. The Hall–Kier alpha value is -1.44. The maximum Gasteiger partial charge on any atom is 0.240 e. The Kier molecular flexibility index (Phi) is 7.48. The van der Waals surface area contributed by atoms with Crippen LogP contribution in [0.15, 0.2) is 29.2 Å². The van der Waals surface area contributed by atoms with E-state index in [4.69, 9.17) is 0 Å². The molecule has 1 aliphatic carbocycles. The minimum absolute atomic E-state index is 0.0571. The van der Waals surface area contributed by atoms with Gasteiger partial charge in [-0.3, -0.25) is 4.79 Å². The van der Waals surface area contributed by atoms with Crippen molar-refractivity contribution in [2.24, 2.45) is 0 Å². The molecule has 0 aromatic heterocycles. The molecular formula is C21H33N3O3S. The van der Waals surface area contributed by atoms with Gasteiger partial charge in [0.2, 0.25) is 15.9 Å². The molecule has 2 N–H and O–H groups in total. The van der Waals surface area contributed by atoms with Crippen molar-refractivity contribution in [1.29, 1.82) is 0 Å². The van der Waals surface area contributed by atoms with Crippen LogP contribution in [0.2, 0.25) is 0 Å². The molecule has 1 aromatic rings. The highest BCUT2D eigenvalue weighted by atomic mass is 32.2. The Morgan fingerprint density at radius 2 is 1.64 bits per heavy atom. The number of hydrogen-bond acceptors (Lipinski definition) is 4. The number of carbonyl (C=O) groups excluding carboxylic acids is 1. The van der Waals surface area contributed by atoms with Crippen LogP contribution in [0.5, 0.6) is 0 Å². The van der Waals surface area contributed by atoms with E-state index in [0.717, 1.165) is 57.2 Å². The monoisotopic (exact) mass is 407 g/mol. The first-order chi connectivity index (χ1) is 13.4. The molecule has 0 spiro atoms. The normalized spacial score (nSPS) is 20.2. The summed E-state index contributed by atoms with van der Waals surface area (Å²) in [5, 5.41) is 3.12. The lowest BCUT2D eigenvalue weighted by atomic mass is 9.96. The van der Waals surface area contributed by atoms with Gasteiger partial charge in [-0.1, -0.05) is 31.4 Å². The van der Waals surface area contributed by atoms with E-state index in [2.05, 4.69) is 22.0 Å². The Morgan fingerprint density at radius 1 is 1.00 bits per heavy atom. The van der Waals surface area contributed by atoms with Gasteiger partial charge in [0.05, 0.1) is 4.90 Å². The molecule has 0 radical (unpaired) electrons. The summed E-state index contributed by atoms with van der Waals surface area (Å²) in [4.78, 5) is 14.8. The third-order valence-electron chi connectivity index (χ3n) is 5.89. The summed E-state index contributed by atoms with van der Waals surface area (Å²) < 4.78 is 27.9. The van der Waals surface area contributed by atoms with E-state index >= 15 is 0 Å². The van der Waals surface area contributed by atoms with Crippen molar-refractivity contribution < 1.29 is 13.2 Å². The summed E-state index contributed by atoms with van der Waals surface area (Å²) >= 11 is 0. The van der Waals surface area contributed by atoms with Crippen molar-refractivity contribution in [3.8, 4) is 0 Å². The number of nitrogens with zero attached hydrogens (tertiary/aromatic N) is 1. The zero-order chi connectivity index (χ0) is 20.0. The molecule has 1 saturated heterocycles. The lowest BCUT2D eigenvalue weighted by Crippen LogP contribution is -2.43. The summed E-state index contributed by atoms with van der Waals surface area (Å²) in [5.41, 5.74) is 0.982. The van der Waals surface area contributed by atoms with Crippen molar-refractivity contribution in [2.75, 3.05) is 20.1 Å². The van der Waals surface area contributed by atoms with Crippen LogP contribution in [0.4, 0.5) is 0 Å². The van der Waals surface area contributed by atoms with E-state index in [-0.39, 0.29) is 18.0 Å². The molecule has 1 aromatic carbocycles. The van der Waals surface area contributed by atoms with E-state index in [0.29, 0.717) is 17.7 Å². The summed E-state index contributed by atoms with van der Waals surface area (Å²) in [6.07, 6.45) is 8.27. The highest BCUT2D eigenvalue weighted by Gasteiger charge is 2.22. The molecule has 7 heteroatoms. The molecule has 1 aliphatic heterocycles. The van der Waals surface area contributed by atoms with E-state index < -0.39 is 10.0 Å². The summed E-state index contributed by atoms with van der Waals surface area (Å²) in [7, 11) is -1.36. The molecule has 0 unspecified atom stereocenters. The van der Waals surface area contributed by atoms with Gasteiger partial charge < -0.3 is 10.2 Å². The summed E-state index contributed by atoms with van der Waals surface area (Å²) in [6.45, 7) is 2.05. The van der Waals surface area contributed by atoms with Gasteiger partial charge in [0.15, 0.2) is 0 Å². The van der Waals surface area contributed by atoms with Gasteiger partial charge in [0.25, 0.3) is 0 Å². The first-order valence-electron chi connectivity index (χ1n) is 10.5. The predicted molar refractivity (Wildman–Crippen MR) is 111 cm³/mol. The fraction of sp³-hybridized carbons (Fsp3) is 0.667. The number of carbonyl (C=O) groups is 1. The zero-order valence-corrected chi connectivity index (χ0v) is 17.6. The van der Waals surface area contributed by atoms with Crippen molar-refractivity contribution in [3.63, 3.8) is 0 Å². The molecular weight excluding hydrogens is 374 g/mol. The highest BCUT2D eigenvalue weighted by Crippen LogP contribution is 2.20. The van der Waals surface area contributed by atoms with Gasteiger partial charge in [-0.15, -0.1) is 0 Å². The average Bonchev–Trinajstić information content (AvgIpc) is 2.69. The van der Waals surface area contributed by atoms with E-state index in [1.807, 2.05) is 12.1 Å². The second-order valence-corrected chi connectivity index (χ2v) is 9.96. The Morgan fingerprint density at radius 3 is 2.29 bits per heavy atom. The number of hydrogen-bond donors (Lipinski definition) is 2. The fourth-order valence-electron chi connectivity index (χ4n) is 4.05. The van der Waals surface area contributed by atoms with Crippen LogP contribution in [-0.4, -0.2) is 51.4 Å². The zero-order valence-electron chi connectivity index (χ0n) is 16.8. The number of benzene rings is 1. The molecule has 3 rings (SSSR count).